The summed E-state index contributed by atoms with van der Waals surface area (Å²) in [6, 6.07) is 10.1. The molecule has 6 aliphatic rings. The number of nitrogens with zero attached hydrogens (tertiary/aromatic N) is 6. The van der Waals surface area contributed by atoms with E-state index in [9.17, 15) is 24.3 Å². The van der Waals surface area contributed by atoms with Crippen LogP contribution in [0.3, 0.4) is 0 Å². The molecule has 1 spiro atoms. The SMILES string of the molecule is CC[C@@H]1C(=O)N(C)c2cnc(Nc3ccc(C(=O)[N+]4=C(CO)C45CCC(OC4CCN(c6ccc(C7CCC(=O)NC7=O)cc6F)CC4)CC5)cc3OC)nc2N1C1CCCC1. The van der Waals surface area contributed by atoms with Gasteiger partial charge in [0.25, 0.3) is 11.3 Å². The van der Waals surface area contributed by atoms with Crippen molar-refractivity contribution in [3.05, 3.63) is 59.5 Å². The van der Waals surface area contributed by atoms with Crippen molar-refractivity contribution in [1.82, 2.24) is 15.3 Å². The number of fused-ring (bicyclic) bond motifs is 1. The number of amides is 4. The third kappa shape index (κ3) is 7.58. The molecule has 0 radical (unpaired) electrons. The number of hydrogen-bond donors (Lipinski definition) is 3. The number of imide groups is 1. The van der Waals surface area contributed by atoms with E-state index in [0.717, 1.165) is 62.9 Å². The largest absolute Gasteiger partial charge is 0.495 e. The van der Waals surface area contributed by atoms with E-state index >= 15 is 4.39 Å². The molecule has 62 heavy (non-hydrogen) atoms. The lowest BCUT2D eigenvalue weighted by Crippen LogP contribution is -2.55. The van der Waals surface area contributed by atoms with Gasteiger partial charge in [-0.15, -0.1) is 4.58 Å². The van der Waals surface area contributed by atoms with Crippen LogP contribution in [0.15, 0.2) is 42.6 Å². The lowest BCUT2D eigenvalue weighted by atomic mass is 9.82. The molecular weight excluding hydrogens is 796 g/mol. The first-order valence-corrected chi connectivity index (χ1v) is 22.3. The van der Waals surface area contributed by atoms with Gasteiger partial charge in [0.05, 0.1) is 48.4 Å². The summed E-state index contributed by atoms with van der Waals surface area (Å²) in [5.41, 5.74) is 3.00. The van der Waals surface area contributed by atoms with Gasteiger partial charge < -0.3 is 34.6 Å². The zero-order valence-corrected chi connectivity index (χ0v) is 35.7. The van der Waals surface area contributed by atoms with Crippen molar-refractivity contribution in [2.45, 2.75) is 126 Å². The lowest BCUT2D eigenvalue weighted by Gasteiger charge is -2.43. The molecule has 3 N–H and O–H groups in total. The van der Waals surface area contributed by atoms with E-state index in [1.54, 1.807) is 60.2 Å². The second-order valence-corrected chi connectivity index (χ2v) is 17.6. The Bertz CT molecular complexity index is 2300. The van der Waals surface area contributed by atoms with Crippen molar-refractivity contribution < 1.29 is 42.7 Å². The average molecular weight is 852 g/mol. The second kappa shape index (κ2) is 17.0. The first kappa shape index (κ1) is 41.9. The van der Waals surface area contributed by atoms with Crippen LogP contribution in [0.1, 0.15) is 112 Å². The third-order valence-corrected chi connectivity index (χ3v) is 14.2. The molecule has 3 aromatic rings. The minimum absolute atomic E-state index is 0.0227. The third-order valence-electron chi connectivity index (χ3n) is 14.2. The van der Waals surface area contributed by atoms with E-state index in [1.807, 2.05) is 11.8 Å². The molecule has 5 heterocycles. The van der Waals surface area contributed by atoms with Crippen LogP contribution in [-0.2, 0) is 19.1 Å². The van der Waals surface area contributed by atoms with Gasteiger partial charge in [0.1, 0.15) is 29.9 Å². The Balaban J connectivity index is 0.805. The average Bonchev–Trinajstić information content (AvgIpc) is 3.55. The number of aliphatic hydroxyl groups is 1. The van der Waals surface area contributed by atoms with Crippen LogP contribution < -0.4 is 30.1 Å². The van der Waals surface area contributed by atoms with Crippen LogP contribution in [0.4, 0.5) is 33.2 Å². The van der Waals surface area contributed by atoms with Gasteiger partial charge in [-0.1, -0.05) is 25.8 Å². The van der Waals surface area contributed by atoms with E-state index in [4.69, 9.17) is 14.5 Å². The fraction of sp³-hybridized carbons (Fsp3) is 0.543. The van der Waals surface area contributed by atoms with Gasteiger partial charge in [-0.05, 0) is 87.3 Å². The number of carbonyl (C=O) groups is 4. The summed E-state index contributed by atoms with van der Waals surface area (Å²) in [5, 5.41) is 16.0. The number of methoxy groups -OCH3 is 1. The molecule has 2 saturated carbocycles. The highest BCUT2D eigenvalue weighted by Crippen LogP contribution is 2.45. The Morgan fingerprint density at radius 1 is 1.00 bits per heavy atom. The quantitative estimate of drug-likeness (QED) is 0.167. The zero-order valence-electron chi connectivity index (χ0n) is 35.7. The minimum Gasteiger partial charge on any atom is -0.495 e. The Kier molecular flexibility index (Phi) is 11.5. The molecule has 2 aliphatic carbocycles. The van der Waals surface area contributed by atoms with Gasteiger partial charge in [0, 0.05) is 45.4 Å². The number of halogens is 1. The van der Waals surface area contributed by atoms with Crippen LogP contribution in [0.5, 0.6) is 5.75 Å². The highest BCUT2D eigenvalue weighted by atomic mass is 19.1. The van der Waals surface area contributed by atoms with Crippen molar-refractivity contribution in [2.75, 3.05) is 53.9 Å². The van der Waals surface area contributed by atoms with E-state index in [0.29, 0.717) is 78.7 Å². The molecule has 2 saturated heterocycles. The maximum absolute atomic E-state index is 15.3. The number of aliphatic hydroxyl groups excluding tert-OH is 1. The predicted molar refractivity (Wildman–Crippen MR) is 230 cm³/mol. The summed E-state index contributed by atoms with van der Waals surface area (Å²) in [5.74, 6) is -0.179. The van der Waals surface area contributed by atoms with Crippen molar-refractivity contribution >= 4 is 58.2 Å². The normalized spacial score (nSPS) is 25.7. The number of hydrogen-bond acceptors (Lipinski definition) is 12. The van der Waals surface area contributed by atoms with E-state index in [-0.39, 0.29) is 66.8 Å². The van der Waals surface area contributed by atoms with E-state index in [2.05, 4.69) is 20.5 Å². The Hall–Kier alpha value is -5.48. The number of carbonyl (C=O) groups excluding carboxylic acids is 4. The number of anilines is 5. The van der Waals surface area contributed by atoms with Crippen LogP contribution in [0, 0.1) is 5.82 Å². The molecule has 15 nitrogen and oxygen atoms in total. The molecule has 1 aromatic heterocycles. The lowest BCUT2D eigenvalue weighted by molar-refractivity contribution is -0.416. The van der Waals surface area contributed by atoms with Crippen LogP contribution >= 0.6 is 0 Å². The summed E-state index contributed by atoms with van der Waals surface area (Å²) in [4.78, 5) is 66.7. The van der Waals surface area contributed by atoms with E-state index in [1.165, 1.54) is 6.07 Å². The topological polar surface area (TPSA) is 170 Å². The Labute approximate surface area is 360 Å². The molecule has 2 aromatic carbocycles. The smallest absolute Gasteiger partial charge is 0.420 e. The standard InChI is InChI=1S/C46H55FN8O7/c1-4-35-44(60)52(2)37-25-48-45(51-41(37)54(35)29-7-5-6-8-29)49-34-12-9-28(24-38(34)61-3)43(59)55-39(26-56)46(55)19-15-30(16-20-46)62-31-17-21-53(22-18-31)36-13-10-27(23-33(36)47)32-11-14-40(57)50-42(32)58/h9-10,12-13,23-25,29-32,35,56H,4-8,11,14-22,26H2,1-3H3,(H-,48,49,50,51,57,58,59)/p+1/t30?,32?,35-,46?/m1/s1. The van der Waals surface area contributed by atoms with Gasteiger partial charge in [0.15, 0.2) is 5.82 Å². The molecule has 4 fully saturated rings. The van der Waals surface area contributed by atoms with E-state index < -0.39 is 11.5 Å². The van der Waals surface area contributed by atoms with Crippen molar-refractivity contribution in [1.29, 1.82) is 0 Å². The monoisotopic (exact) mass is 851 g/mol. The molecule has 16 heteroatoms. The van der Waals surface area contributed by atoms with Gasteiger partial charge in [-0.3, -0.25) is 19.7 Å². The molecule has 4 amide bonds. The number of rotatable bonds is 11. The zero-order chi connectivity index (χ0) is 43.3. The van der Waals surface area contributed by atoms with Gasteiger partial charge in [0.2, 0.25) is 23.7 Å². The number of piperidine rings is 2. The summed E-state index contributed by atoms with van der Waals surface area (Å²) in [7, 11) is 3.32. The van der Waals surface area contributed by atoms with Gasteiger partial charge >= 0.3 is 5.91 Å². The highest BCUT2D eigenvalue weighted by Gasteiger charge is 2.68. The van der Waals surface area contributed by atoms with Crippen LogP contribution in [0.2, 0.25) is 0 Å². The number of likely N-dealkylation sites (N-methyl/N-ethyl adjacent to an activating group) is 1. The first-order valence-electron chi connectivity index (χ1n) is 22.3. The number of nitrogens with one attached hydrogen (secondary N) is 2. The molecular formula is C46H56FN8O7+. The maximum Gasteiger partial charge on any atom is 0.420 e. The Morgan fingerprint density at radius 2 is 1.74 bits per heavy atom. The van der Waals surface area contributed by atoms with Crippen molar-refractivity contribution in [3.63, 3.8) is 0 Å². The Morgan fingerprint density at radius 3 is 2.42 bits per heavy atom. The molecule has 328 valence electrons. The number of aromatic nitrogens is 2. The summed E-state index contributed by atoms with van der Waals surface area (Å²) < 4.78 is 29.4. The summed E-state index contributed by atoms with van der Waals surface area (Å²) in [6.45, 7) is 3.10. The number of ether oxygens (including phenoxy) is 2. The van der Waals surface area contributed by atoms with Crippen LogP contribution in [-0.4, -0.2) is 113 Å². The molecule has 0 bridgehead atoms. The highest BCUT2D eigenvalue weighted by molar-refractivity contribution is 6.07. The van der Waals surface area contributed by atoms with Crippen molar-refractivity contribution in [2.24, 2.45) is 0 Å². The minimum atomic E-state index is -0.529. The van der Waals surface area contributed by atoms with Gasteiger partial charge in [-0.2, -0.15) is 4.98 Å². The van der Waals surface area contributed by atoms with Crippen LogP contribution in [0.25, 0.3) is 0 Å². The van der Waals surface area contributed by atoms with Crippen molar-refractivity contribution in [3.8, 4) is 5.75 Å². The fourth-order valence-corrected chi connectivity index (χ4v) is 10.8. The summed E-state index contributed by atoms with van der Waals surface area (Å²) in [6.07, 6.45) is 11.7. The molecule has 4 aliphatic heterocycles. The number of benzene rings is 2. The second-order valence-electron chi connectivity index (χ2n) is 17.6. The fourth-order valence-electron chi connectivity index (χ4n) is 10.8. The van der Waals surface area contributed by atoms with Gasteiger partial charge in [-0.25, -0.2) is 14.2 Å². The predicted octanol–water partition coefficient (Wildman–Crippen LogP) is 5.36. The maximum atomic E-state index is 15.3. The molecule has 9 rings (SSSR count). The molecule has 2 atom stereocenters. The first-order chi connectivity index (χ1) is 30.0. The summed E-state index contributed by atoms with van der Waals surface area (Å²) >= 11 is 0. The molecule has 1 unspecified atom stereocenters.